The number of methoxy groups -OCH3 is 1. The predicted molar refractivity (Wildman–Crippen MR) is 233 cm³/mol. The average Bonchev–Trinajstić information content (AvgIpc) is 3.44. The number of aliphatic imine (C=N–C) groups is 1. The zero-order valence-corrected chi connectivity index (χ0v) is 38.1. The van der Waals surface area contributed by atoms with Crippen molar-refractivity contribution in [3.8, 4) is 5.75 Å². The first-order valence-corrected chi connectivity index (χ1v) is 22.5. The van der Waals surface area contributed by atoms with Crippen LogP contribution >= 0.6 is 0 Å². The number of hydrogen-bond donors (Lipinski definition) is 6. The molecule has 19 nitrogen and oxygen atoms in total. The van der Waals surface area contributed by atoms with Gasteiger partial charge < -0.3 is 41.2 Å². The normalized spacial score (nSPS) is 21.9. The molecular formula is C43H62N8O11S. The number of nitrogens with two attached hydrogens (primary N) is 1. The van der Waals surface area contributed by atoms with Crippen molar-refractivity contribution in [1.29, 1.82) is 0 Å². The first-order valence-electron chi connectivity index (χ1n) is 21.0. The molecule has 5 atom stereocenters. The number of nitrogens with one attached hydrogen (secondary N) is 5. The Bertz CT molecular complexity index is 2140. The van der Waals surface area contributed by atoms with Crippen LogP contribution in [0.2, 0.25) is 0 Å². The highest BCUT2D eigenvalue weighted by molar-refractivity contribution is 7.90. The van der Waals surface area contributed by atoms with E-state index >= 15 is 0 Å². The number of rotatable bonds is 11. The third-order valence-electron chi connectivity index (χ3n) is 10.7. The van der Waals surface area contributed by atoms with E-state index in [2.05, 4.69) is 31.0 Å². The standard InChI is InChI=1S/C43H62N8O11S/c1-25-21-34(60-8)26(2)27(3)37(25)63(58,59)50-41(44)45-20-14-17-30-39(55)47-28(4)32-18-12-13-19-33(51(32)42(57)61-24-29-15-10-9-11-16-29)40(56)49-31(22-36(53)62-43(5,6)7)38(54)46-23-35(52)48-30/h9-11,15-16,21,28,30-33H,12-14,17-20,22-24H2,1-8H3,(H,46,54)(H,47,55)(H,48,52)(H,49,56)(H3,44,45,50)/t28-,30-,31-,32+,33-/m0/s1. The Kier molecular flexibility index (Phi) is 17.3. The fourth-order valence-corrected chi connectivity index (χ4v) is 9.10. The van der Waals surface area contributed by atoms with Crippen LogP contribution in [0.15, 0.2) is 46.3 Å². The van der Waals surface area contributed by atoms with Crippen molar-refractivity contribution in [2.45, 2.75) is 141 Å². The molecule has 20 heteroatoms. The van der Waals surface area contributed by atoms with Gasteiger partial charge in [0, 0.05) is 12.6 Å². The summed E-state index contributed by atoms with van der Waals surface area (Å²) in [7, 11) is -2.65. The summed E-state index contributed by atoms with van der Waals surface area (Å²) >= 11 is 0. The Morgan fingerprint density at radius 2 is 1.62 bits per heavy atom. The van der Waals surface area contributed by atoms with Crippen LogP contribution in [0.4, 0.5) is 4.79 Å². The van der Waals surface area contributed by atoms with Gasteiger partial charge in [-0.2, -0.15) is 0 Å². The lowest BCUT2D eigenvalue weighted by atomic mass is 10.0. The van der Waals surface area contributed by atoms with Gasteiger partial charge in [0.1, 0.15) is 36.1 Å². The summed E-state index contributed by atoms with van der Waals surface area (Å²) in [5, 5.41) is 10.6. The van der Waals surface area contributed by atoms with Crippen molar-refractivity contribution < 1.29 is 51.4 Å². The van der Waals surface area contributed by atoms with Crippen LogP contribution in [-0.2, 0) is 50.1 Å². The van der Waals surface area contributed by atoms with Crippen LogP contribution < -0.4 is 36.5 Å². The third kappa shape index (κ3) is 14.0. The zero-order chi connectivity index (χ0) is 46.6. The van der Waals surface area contributed by atoms with Gasteiger partial charge in [-0.25, -0.2) is 17.9 Å². The van der Waals surface area contributed by atoms with Gasteiger partial charge in [-0.15, -0.1) is 0 Å². The molecule has 2 aliphatic heterocycles. The number of sulfonamides is 1. The molecule has 0 aliphatic carbocycles. The summed E-state index contributed by atoms with van der Waals surface area (Å²) in [6.45, 7) is 10.9. The number of carbonyl (C=O) groups is 6. The monoisotopic (exact) mass is 898 g/mol. The molecule has 2 aromatic rings. The molecule has 2 fully saturated rings. The molecule has 7 N–H and O–H groups in total. The van der Waals surface area contributed by atoms with E-state index in [0.717, 1.165) is 0 Å². The van der Waals surface area contributed by atoms with Gasteiger partial charge in [-0.3, -0.25) is 33.9 Å². The summed E-state index contributed by atoms with van der Waals surface area (Å²) in [4.78, 5) is 87.7. The van der Waals surface area contributed by atoms with E-state index in [1.54, 1.807) is 78.8 Å². The molecule has 2 bridgehead atoms. The molecule has 0 unspecified atom stereocenters. The Labute approximate surface area is 369 Å². The van der Waals surface area contributed by atoms with Crippen LogP contribution in [0.3, 0.4) is 0 Å². The Morgan fingerprint density at radius 3 is 2.29 bits per heavy atom. The molecule has 4 rings (SSSR count). The van der Waals surface area contributed by atoms with E-state index in [0.29, 0.717) is 47.3 Å². The number of guanidine groups is 1. The van der Waals surface area contributed by atoms with Gasteiger partial charge in [0.2, 0.25) is 29.6 Å². The van der Waals surface area contributed by atoms with E-state index in [1.165, 1.54) is 12.0 Å². The van der Waals surface area contributed by atoms with Crippen LogP contribution in [-0.4, -0.2) is 111 Å². The summed E-state index contributed by atoms with van der Waals surface area (Å²) in [5.74, 6) is -3.63. The number of carbonyl (C=O) groups excluding carboxylic acids is 6. The minimum Gasteiger partial charge on any atom is -0.496 e. The maximum atomic E-state index is 14.2. The van der Waals surface area contributed by atoms with Crippen molar-refractivity contribution >= 4 is 51.7 Å². The summed E-state index contributed by atoms with van der Waals surface area (Å²) in [6, 6.07) is 5.14. The van der Waals surface area contributed by atoms with E-state index in [9.17, 15) is 37.2 Å². The molecule has 2 aliphatic rings. The Morgan fingerprint density at radius 1 is 0.937 bits per heavy atom. The number of hydrogen-bond acceptors (Lipinski definition) is 12. The van der Waals surface area contributed by atoms with Gasteiger partial charge in [0.15, 0.2) is 0 Å². The van der Waals surface area contributed by atoms with Crippen LogP contribution in [0.5, 0.6) is 5.75 Å². The lowest BCUT2D eigenvalue weighted by molar-refractivity contribution is -0.156. The second-order valence-corrected chi connectivity index (χ2v) is 18.4. The van der Waals surface area contributed by atoms with E-state index < -0.39 is 94.5 Å². The minimum atomic E-state index is -4.15. The number of ether oxygens (including phenoxy) is 3. The Balaban J connectivity index is 1.60. The quantitative estimate of drug-likeness (QED) is 0.0822. The molecule has 2 heterocycles. The van der Waals surface area contributed by atoms with Crippen molar-refractivity contribution in [1.82, 2.24) is 30.9 Å². The van der Waals surface area contributed by atoms with E-state index in [1.807, 2.05) is 6.07 Å². The van der Waals surface area contributed by atoms with Crippen molar-refractivity contribution in [3.63, 3.8) is 0 Å². The second-order valence-electron chi connectivity index (χ2n) is 16.8. The van der Waals surface area contributed by atoms with Crippen molar-refractivity contribution in [2.24, 2.45) is 10.7 Å². The van der Waals surface area contributed by atoms with Crippen LogP contribution in [0, 0.1) is 20.8 Å². The zero-order valence-electron chi connectivity index (χ0n) is 37.3. The Hall–Kier alpha value is -5.92. The van der Waals surface area contributed by atoms with Gasteiger partial charge in [-0.05, 0) is 102 Å². The van der Waals surface area contributed by atoms with Gasteiger partial charge in [-0.1, -0.05) is 43.2 Å². The lowest BCUT2D eigenvalue weighted by Gasteiger charge is -2.38. The number of nitrogens with zero attached hydrogens (tertiary/aromatic N) is 2. The van der Waals surface area contributed by atoms with Gasteiger partial charge in [0.25, 0.3) is 10.0 Å². The van der Waals surface area contributed by atoms with Crippen LogP contribution in [0.1, 0.15) is 94.9 Å². The molecule has 0 spiro atoms. The smallest absolute Gasteiger partial charge is 0.411 e. The van der Waals surface area contributed by atoms with Crippen LogP contribution in [0.25, 0.3) is 0 Å². The fourth-order valence-electron chi connectivity index (χ4n) is 7.62. The molecule has 0 radical (unpaired) electrons. The molecule has 346 valence electrons. The maximum absolute atomic E-state index is 14.2. The molecule has 2 saturated heterocycles. The summed E-state index contributed by atoms with van der Waals surface area (Å²) in [6.07, 6.45) is 0.360. The molecule has 0 saturated carbocycles. The van der Waals surface area contributed by atoms with Crippen molar-refractivity contribution in [2.75, 3.05) is 20.2 Å². The number of benzene rings is 2. The van der Waals surface area contributed by atoms with Gasteiger partial charge >= 0.3 is 12.1 Å². The topological polar surface area (TPSA) is 266 Å². The van der Waals surface area contributed by atoms with Crippen molar-refractivity contribution in [3.05, 3.63) is 58.7 Å². The fraction of sp³-hybridized carbons (Fsp3) is 0.558. The molecule has 5 amide bonds. The highest BCUT2D eigenvalue weighted by Gasteiger charge is 2.42. The highest BCUT2D eigenvalue weighted by atomic mass is 32.2. The largest absolute Gasteiger partial charge is 0.496 e. The first-order chi connectivity index (χ1) is 29.6. The number of esters is 1. The lowest BCUT2D eigenvalue weighted by Crippen LogP contribution is -2.61. The summed E-state index contributed by atoms with van der Waals surface area (Å²) in [5.41, 5.74) is 7.39. The molecule has 0 aromatic heterocycles. The molecule has 63 heavy (non-hydrogen) atoms. The average molecular weight is 899 g/mol. The van der Waals surface area contributed by atoms with E-state index in [4.69, 9.17) is 19.9 Å². The molecular weight excluding hydrogens is 837 g/mol. The number of fused-ring (bicyclic) bond motifs is 2. The SMILES string of the molecule is COc1cc(C)c(S(=O)(=O)NC(N)=NCCC[C@@H]2NC(=O)CNC(=O)[C@H](CC(=O)OC(C)(C)C)NC(=O)[C@@H]3CCCC[C@H]([C@H](C)NC2=O)N3C(=O)OCc2ccccc2)c(C)c1C. The second kappa shape index (κ2) is 21.9. The minimum absolute atomic E-state index is 0.00487. The number of amides is 5. The maximum Gasteiger partial charge on any atom is 0.411 e. The van der Waals surface area contributed by atoms with Gasteiger partial charge in [0.05, 0.1) is 31.0 Å². The van der Waals surface area contributed by atoms with E-state index in [-0.39, 0.29) is 43.3 Å². The third-order valence-corrected chi connectivity index (χ3v) is 12.4. The number of aryl methyl sites for hydroxylation is 1. The molecule has 2 aromatic carbocycles. The first kappa shape index (κ1) is 49.7. The summed E-state index contributed by atoms with van der Waals surface area (Å²) < 4.78 is 45.6. The highest BCUT2D eigenvalue weighted by Crippen LogP contribution is 2.31. The predicted octanol–water partition coefficient (Wildman–Crippen LogP) is 2.28.